The van der Waals surface area contributed by atoms with Crippen LogP contribution in [-0.4, -0.2) is 50.7 Å². The first kappa shape index (κ1) is 30.2. The molecular weight excluding hydrogens is 543 g/mol. The average molecular weight is 581 g/mol. The second-order valence-corrected chi connectivity index (χ2v) is 12.3. The zero-order chi connectivity index (χ0) is 29.4. The second-order valence-electron chi connectivity index (χ2n) is 10.6. The highest BCUT2D eigenvalue weighted by molar-refractivity contribution is 7.92. The largest absolute Gasteiger partial charge is 0.457 e. The van der Waals surface area contributed by atoms with Crippen molar-refractivity contribution in [3.8, 4) is 11.5 Å². The van der Waals surface area contributed by atoms with E-state index in [-0.39, 0.29) is 17.8 Å². The van der Waals surface area contributed by atoms with E-state index in [1.54, 1.807) is 36.4 Å². The third kappa shape index (κ3) is 10.00. The van der Waals surface area contributed by atoms with E-state index in [9.17, 15) is 17.6 Å². The van der Waals surface area contributed by atoms with Crippen LogP contribution >= 0.6 is 0 Å². The molecule has 0 radical (unpaired) electrons. The third-order valence-electron chi connectivity index (χ3n) is 6.62. The minimum absolute atomic E-state index is 0.163. The van der Waals surface area contributed by atoms with Gasteiger partial charge in [-0.2, -0.15) is 0 Å². The number of nitrogens with one attached hydrogen (secondary N) is 3. The van der Waals surface area contributed by atoms with Gasteiger partial charge in [-0.15, -0.1) is 0 Å². The summed E-state index contributed by atoms with van der Waals surface area (Å²) in [5, 5.41) is 6.39. The van der Waals surface area contributed by atoms with Crippen LogP contribution in [0.5, 0.6) is 11.5 Å². The van der Waals surface area contributed by atoms with Gasteiger partial charge >= 0.3 is 0 Å². The number of amides is 1. The number of halogens is 1. The molecule has 1 fully saturated rings. The van der Waals surface area contributed by atoms with Crippen LogP contribution in [0, 0.1) is 5.82 Å². The summed E-state index contributed by atoms with van der Waals surface area (Å²) in [6, 6.07) is 20.2. The molecule has 8 nitrogen and oxygen atoms in total. The number of rotatable bonds is 11. The molecule has 1 atom stereocenters. The lowest BCUT2D eigenvalue weighted by atomic mass is 10.0. The molecule has 0 bridgehead atoms. The maximum atomic E-state index is 13.2. The van der Waals surface area contributed by atoms with Crippen LogP contribution in [-0.2, 0) is 21.4 Å². The molecular formula is C31H37FN4O4S. The van der Waals surface area contributed by atoms with Gasteiger partial charge in [-0.3, -0.25) is 19.7 Å². The van der Waals surface area contributed by atoms with Crippen molar-refractivity contribution in [2.24, 2.45) is 0 Å². The van der Waals surface area contributed by atoms with Gasteiger partial charge in [0.15, 0.2) is 0 Å². The third-order valence-corrected chi connectivity index (χ3v) is 7.23. The Kier molecular flexibility index (Phi) is 10.1. The van der Waals surface area contributed by atoms with Crippen LogP contribution < -0.4 is 20.1 Å². The van der Waals surface area contributed by atoms with Crippen molar-refractivity contribution in [1.82, 2.24) is 10.2 Å². The van der Waals surface area contributed by atoms with E-state index in [0.29, 0.717) is 22.9 Å². The fraction of sp³-hybridized carbons (Fsp3) is 0.323. The second kappa shape index (κ2) is 13.8. The van der Waals surface area contributed by atoms with Crippen LogP contribution in [0.2, 0.25) is 0 Å². The van der Waals surface area contributed by atoms with Crippen molar-refractivity contribution in [1.29, 1.82) is 0 Å². The molecule has 41 heavy (non-hydrogen) atoms. The first-order chi connectivity index (χ1) is 19.5. The van der Waals surface area contributed by atoms with Crippen molar-refractivity contribution in [2.45, 2.75) is 45.3 Å². The van der Waals surface area contributed by atoms with Crippen molar-refractivity contribution >= 4 is 27.3 Å². The molecule has 1 aliphatic rings. The predicted octanol–water partition coefficient (Wildman–Crippen LogP) is 5.52. The Labute approximate surface area is 241 Å². The topological polar surface area (TPSA) is 99.8 Å². The number of hydrogen-bond acceptors (Lipinski definition) is 6. The van der Waals surface area contributed by atoms with Gasteiger partial charge in [0, 0.05) is 24.0 Å². The molecule has 1 heterocycles. The van der Waals surface area contributed by atoms with Crippen molar-refractivity contribution in [3.05, 3.63) is 95.8 Å². The van der Waals surface area contributed by atoms with Gasteiger partial charge in [-0.05, 0) is 106 Å². The fourth-order valence-electron chi connectivity index (χ4n) is 4.66. The molecule has 1 amide bonds. The maximum Gasteiger partial charge on any atom is 0.245 e. The van der Waals surface area contributed by atoms with Crippen LogP contribution in [0.3, 0.4) is 0 Å². The summed E-state index contributed by atoms with van der Waals surface area (Å²) in [4.78, 5) is 15.4. The molecule has 0 aromatic heterocycles. The first-order valence-electron chi connectivity index (χ1n) is 13.6. The molecule has 3 aromatic rings. The molecule has 3 aromatic carbocycles. The molecule has 4 rings (SSSR count). The Balaban J connectivity index is 1.25. The van der Waals surface area contributed by atoms with Crippen LogP contribution in [0.25, 0.3) is 0 Å². The number of ether oxygens (including phenoxy) is 1. The summed E-state index contributed by atoms with van der Waals surface area (Å²) in [7, 11) is -3.32. The van der Waals surface area contributed by atoms with E-state index < -0.39 is 16.1 Å². The highest BCUT2D eigenvalue weighted by Gasteiger charge is 2.24. The first-order valence-corrected chi connectivity index (χ1v) is 15.5. The summed E-state index contributed by atoms with van der Waals surface area (Å²) in [6.07, 6.45) is 4.87. The van der Waals surface area contributed by atoms with E-state index in [2.05, 4.69) is 20.3 Å². The predicted molar refractivity (Wildman–Crippen MR) is 161 cm³/mol. The maximum absolute atomic E-state index is 13.2. The van der Waals surface area contributed by atoms with Crippen LogP contribution in [0.15, 0.2) is 84.4 Å². The van der Waals surface area contributed by atoms with Crippen molar-refractivity contribution in [3.63, 3.8) is 0 Å². The summed E-state index contributed by atoms with van der Waals surface area (Å²) >= 11 is 0. The number of likely N-dealkylation sites (tertiary alicyclic amines) is 1. The van der Waals surface area contributed by atoms with Gasteiger partial charge in [0.1, 0.15) is 23.4 Å². The fourth-order valence-corrected chi connectivity index (χ4v) is 5.22. The number of carbonyl (C=O) groups is 1. The molecule has 218 valence electrons. The van der Waals surface area contributed by atoms with Gasteiger partial charge in [0.05, 0.1) is 6.26 Å². The minimum atomic E-state index is -3.32. The van der Waals surface area contributed by atoms with Crippen LogP contribution in [0.1, 0.15) is 32.3 Å². The molecule has 1 unspecified atom stereocenters. The summed E-state index contributed by atoms with van der Waals surface area (Å²) in [5.41, 5.74) is 3.27. The Morgan fingerprint density at radius 1 is 0.951 bits per heavy atom. The lowest BCUT2D eigenvalue weighted by Crippen LogP contribution is -2.49. The Bertz CT molecular complexity index is 1430. The van der Waals surface area contributed by atoms with Crippen LogP contribution in [0.4, 0.5) is 15.8 Å². The smallest absolute Gasteiger partial charge is 0.245 e. The number of benzene rings is 3. The quantitative estimate of drug-likeness (QED) is 0.259. The molecule has 3 N–H and O–H groups in total. The highest BCUT2D eigenvalue weighted by Crippen LogP contribution is 2.24. The Morgan fingerprint density at radius 2 is 1.51 bits per heavy atom. The Morgan fingerprint density at radius 3 is 2.07 bits per heavy atom. The van der Waals surface area contributed by atoms with E-state index >= 15 is 0 Å². The monoisotopic (exact) mass is 580 g/mol. The van der Waals surface area contributed by atoms with Gasteiger partial charge in [-0.25, -0.2) is 12.8 Å². The normalized spacial score (nSPS) is 15.1. The van der Waals surface area contributed by atoms with E-state index in [4.69, 9.17) is 4.74 Å². The highest BCUT2D eigenvalue weighted by atomic mass is 32.2. The standard InChI is InChI=1S/C31H37FN4O4S/c1-22(2)20-30(31(37)34-25-8-6-24(32)7-9-25)33-26-16-18-36(19-17-26)21-23-4-12-28(13-5-23)40-29-14-10-27(11-15-29)35-41(3,38)39/h4-15,20,26,30,33,35H,16-19,21H2,1-3H3,(H,34,37). The number of allylic oxidation sites excluding steroid dienone is 1. The molecule has 10 heteroatoms. The number of carbonyl (C=O) groups excluding carboxylic acids is 1. The number of piperidine rings is 1. The van der Waals surface area contributed by atoms with Gasteiger partial charge < -0.3 is 10.1 Å². The molecule has 1 saturated heterocycles. The number of nitrogens with zero attached hydrogens (tertiary/aromatic N) is 1. The van der Waals surface area contributed by atoms with Crippen molar-refractivity contribution < 1.29 is 22.3 Å². The minimum Gasteiger partial charge on any atom is -0.457 e. The number of anilines is 2. The summed E-state index contributed by atoms with van der Waals surface area (Å²) in [6.45, 7) is 6.57. The molecule has 0 aliphatic carbocycles. The lowest BCUT2D eigenvalue weighted by Gasteiger charge is -2.34. The van der Waals surface area contributed by atoms with E-state index in [0.717, 1.165) is 44.3 Å². The SMILES string of the molecule is CC(C)=CC(NC1CCN(Cc2ccc(Oc3ccc(NS(C)(=O)=O)cc3)cc2)CC1)C(=O)Nc1ccc(F)cc1. The van der Waals surface area contributed by atoms with Crippen molar-refractivity contribution in [2.75, 3.05) is 29.4 Å². The van der Waals surface area contributed by atoms with Gasteiger partial charge in [-0.1, -0.05) is 23.8 Å². The molecule has 1 aliphatic heterocycles. The molecule has 0 saturated carbocycles. The van der Waals surface area contributed by atoms with E-state index in [1.165, 1.54) is 17.7 Å². The summed E-state index contributed by atoms with van der Waals surface area (Å²) in [5.74, 6) is 0.810. The average Bonchev–Trinajstić information content (AvgIpc) is 2.92. The zero-order valence-corrected chi connectivity index (χ0v) is 24.4. The van der Waals surface area contributed by atoms with E-state index in [1.807, 2.05) is 44.2 Å². The van der Waals surface area contributed by atoms with Gasteiger partial charge in [0.2, 0.25) is 15.9 Å². The Hall–Kier alpha value is -3.73. The van der Waals surface area contributed by atoms with Gasteiger partial charge in [0.25, 0.3) is 0 Å². The molecule has 0 spiro atoms. The zero-order valence-electron chi connectivity index (χ0n) is 23.6. The number of sulfonamides is 1. The number of hydrogen-bond donors (Lipinski definition) is 3. The summed E-state index contributed by atoms with van der Waals surface area (Å²) < 4.78 is 44.3. The lowest BCUT2D eigenvalue weighted by molar-refractivity contribution is -0.117.